The molecule has 0 aliphatic rings. The van der Waals surface area contributed by atoms with E-state index in [0.29, 0.717) is 13.6 Å². The lowest BCUT2D eigenvalue weighted by molar-refractivity contribution is 0.613. The van der Waals surface area contributed by atoms with E-state index in [4.69, 9.17) is 0 Å². The van der Waals surface area contributed by atoms with Crippen LogP contribution >= 0.6 is 38.5 Å². The first kappa shape index (κ1) is 13.5. The summed E-state index contributed by atoms with van der Waals surface area (Å²) in [5, 5.41) is 0. The summed E-state index contributed by atoms with van der Waals surface area (Å²) in [7, 11) is 0. The number of hydrogen-bond donors (Lipinski definition) is 1. The highest BCUT2D eigenvalue weighted by Crippen LogP contribution is 2.20. The van der Waals surface area contributed by atoms with Gasteiger partial charge in [-0.3, -0.25) is 14.3 Å². The van der Waals surface area contributed by atoms with Gasteiger partial charge in [0.15, 0.2) is 0 Å². The third-order valence-corrected chi connectivity index (χ3v) is 4.00. The highest BCUT2D eigenvalue weighted by molar-refractivity contribution is 14.1. The largest absolute Gasteiger partial charge is 0.328 e. The molecule has 0 saturated carbocycles. The van der Waals surface area contributed by atoms with Gasteiger partial charge in [-0.05, 0) is 50.2 Å². The van der Waals surface area contributed by atoms with Crippen molar-refractivity contribution in [2.45, 2.75) is 6.54 Å². The summed E-state index contributed by atoms with van der Waals surface area (Å²) in [5.41, 5.74) is -0.313. The summed E-state index contributed by atoms with van der Waals surface area (Å²) in [4.78, 5) is 25.0. The molecular weight excluding hydrogens is 418 g/mol. The monoisotopic (exact) mass is 424 g/mol. The molecule has 4 nitrogen and oxygen atoms in total. The minimum Gasteiger partial charge on any atom is -0.295 e. The fourth-order valence-electron chi connectivity index (χ4n) is 1.45. The second kappa shape index (κ2) is 5.35. The van der Waals surface area contributed by atoms with E-state index in [9.17, 15) is 14.0 Å². The molecule has 0 saturated heterocycles. The van der Waals surface area contributed by atoms with Crippen molar-refractivity contribution in [2.24, 2.45) is 0 Å². The van der Waals surface area contributed by atoms with Gasteiger partial charge in [0.25, 0.3) is 5.56 Å². The second-order valence-corrected chi connectivity index (χ2v) is 5.53. The van der Waals surface area contributed by atoms with E-state index in [2.05, 4.69) is 20.9 Å². The molecule has 0 radical (unpaired) electrons. The van der Waals surface area contributed by atoms with Gasteiger partial charge in [0.2, 0.25) is 0 Å². The van der Waals surface area contributed by atoms with Gasteiger partial charge in [-0.2, -0.15) is 0 Å². The molecule has 0 atom stereocenters. The highest BCUT2D eigenvalue weighted by Gasteiger charge is 2.08. The zero-order valence-electron chi connectivity index (χ0n) is 8.91. The van der Waals surface area contributed by atoms with Crippen LogP contribution in [0.1, 0.15) is 5.56 Å². The van der Waals surface area contributed by atoms with Gasteiger partial charge in [-0.25, -0.2) is 9.18 Å². The van der Waals surface area contributed by atoms with Crippen LogP contribution in [0.4, 0.5) is 4.39 Å². The summed E-state index contributed by atoms with van der Waals surface area (Å²) in [6, 6.07) is 4.60. The van der Waals surface area contributed by atoms with Crippen LogP contribution in [0.2, 0.25) is 0 Å². The normalized spacial score (nSPS) is 10.6. The predicted molar refractivity (Wildman–Crippen MR) is 77.2 cm³/mol. The lowest BCUT2D eigenvalue weighted by atomic mass is 10.2. The molecule has 94 valence electrons. The van der Waals surface area contributed by atoms with E-state index in [0.717, 1.165) is 0 Å². The van der Waals surface area contributed by atoms with Crippen LogP contribution in [0.15, 0.2) is 38.5 Å². The van der Waals surface area contributed by atoms with Crippen molar-refractivity contribution in [1.29, 1.82) is 0 Å². The summed E-state index contributed by atoms with van der Waals surface area (Å²) in [6.07, 6.45) is 1.44. The molecule has 18 heavy (non-hydrogen) atoms. The Balaban J connectivity index is 2.47. The number of H-pyrrole nitrogens is 1. The Morgan fingerprint density at radius 3 is 2.83 bits per heavy atom. The average Bonchev–Trinajstić information content (AvgIpc) is 2.32. The van der Waals surface area contributed by atoms with Crippen LogP contribution in [0.5, 0.6) is 0 Å². The van der Waals surface area contributed by atoms with Gasteiger partial charge >= 0.3 is 5.69 Å². The van der Waals surface area contributed by atoms with Gasteiger partial charge in [0, 0.05) is 6.20 Å². The first-order valence-corrected chi connectivity index (χ1v) is 6.78. The van der Waals surface area contributed by atoms with Gasteiger partial charge in [0.05, 0.1) is 14.6 Å². The maximum atomic E-state index is 13.3. The number of benzene rings is 1. The van der Waals surface area contributed by atoms with E-state index in [-0.39, 0.29) is 12.4 Å². The van der Waals surface area contributed by atoms with Crippen LogP contribution < -0.4 is 11.2 Å². The Kier molecular flexibility index (Phi) is 4.00. The van der Waals surface area contributed by atoms with Crippen molar-refractivity contribution in [2.75, 3.05) is 0 Å². The maximum Gasteiger partial charge on any atom is 0.328 e. The zero-order valence-corrected chi connectivity index (χ0v) is 12.7. The fourth-order valence-corrected chi connectivity index (χ4v) is 2.32. The molecule has 2 aromatic rings. The first-order chi connectivity index (χ1) is 8.49. The topological polar surface area (TPSA) is 54.9 Å². The zero-order chi connectivity index (χ0) is 13.3. The standard InChI is InChI=1S/C11H7BrFIN2O2/c12-9-6(2-1-3-7(9)13)4-16-5-8(14)10(17)15-11(16)18/h1-3,5H,4H2,(H,15,17,18). The van der Waals surface area contributed by atoms with Crippen LogP contribution in [0.3, 0.4) is 0 Å². The highest BCUT2D eigenvalue weighted by atomic mass is 127. The Bertz CT molecular complexity index is 711. The average molecular weight is 425 g/mol. The minimum atomic E-state index is -0.517. The van der Waals surface area contributed by atoms with E-state index >= 15 is 0 Å². The van der Waals surface area contributed by atoms with Gasteiger partial charge in [0.1, 0.15) is 5.82 Å². The summed E-state index contributed by atoms with van der Waals surface area (Å²) in [5.74, 6) is -0.389. The molecule has 1 N–H and O–H groups in total. The Morgan fingerprint density at radius 2 is 2.11 bits per heavy atom. The molecule has 1 heterocycles. The van der Waals surface area contributed by atoms with E-state index in [1.54, 1.807) is 12.1 Å². The number of aromatic nitrogens is 2. The predicted octanol–water partition coefficient (Wildman–Crippen LogP) is 2.09. The van der Waals surface area contributed by atoms with E-state index in [1.165, 1.54) is 16.8 Å². The molecule has 0 aliphatic heterocycles. The molecule has 0 fully saturated rings. The van der Waals surface area contributed by atoms with Crippen molar-refractivity contribution < 1.29 is 4.39 Å². The summed E-state index contributed by atoms with van der Waals surface area (Å²) < 4.78 is 15.4. The molecule has 0 spiro atoms. The fraction of sp³-hybridized carbons (Fsp3) is 0.0909. The molecule has 7 heteroatoms. The molecule has 1 aromatic heterocycles. The minimum absolute atomic E-state index is 0.184. The van der Waals surface area contributed by atoms with Gasteiger partial charge in [-0.15, -0.1) is 0 Å². The van der Waals surface area contributed by atoms with Crippen molar-refractivity contribution in [3.63, 3.8) is 0 Å². The molecule has 0 bridgehead atoms. The van der Waals surface area contributed by atoms with Crippen LogP contribution in [0.25, 0.3) is 0 Å². The third-order valence-electron chi connectivity index (χ3n) is 2.34. The number of nitrogens with one attached hydrogen (secondary N) is 1. The smallest absolute Gasteiger partial charge is 0.295 e. The van der Waals surface area contributed by atoms with Gasteiger partial charge < -0.3 is 0 Å². The van der Waals surface area contributed by atoms with Crippen molar-refractivity contribution in [1.82, 2.24) is 9.55 Å². The number of nitrogens with zero attached hydrogens (tertiary/aromatic N) is 1. The van der Waals surface area contributed by atoms with Crippen molar-refractivity contribution >= 4 is 38.5 Å². The number of aromatic amines is 1. The molecule has 1 aromatic carbocycles. The Hall–Kier alpha value is -0.960. The number of hydrogen-bond acceptors (Lipinski definition) is 2. The lowest BCUT2D eigenvalue weighted by Crippen LogP contribution is -2.31. The van der Waals surface area contributed by atoms with Crippen LogP contribution in [0, 0.1) is 9.39 Å². The summed E-state index contributed by atoms with van der Waals surface area (Å²) >= 11 is 4.97. The van der Waals surface area contributed by atoms with Gasteiger partial charge in [-0.1, -0.05) is 12.1 Å². The second-order valence-electron chi connectivity index (χ2n) is 3.58. The molecule has 0 amide bonds. The third kappa shape index (κ3) is 2.72. The quantitative estimate of drug-likeness (QED) is 0.750. The number of rotatable bonds is 2. The molecule has 0 aliphatic carbocycles. The Labute approximate surface area is 123 Å². The SMILES string of the molecule is O=c1[nH]c(=O)n(Cc2cccc(F)c2Br)cc1I. The van der Waals surface area contributed by atoms with Crippen molar-refractivity contribution in [3.8, 4) is 0 Å². The van der Waals surface area contributed by atoms with Crippen molar-refractivity contribution in [3.05, 3.63) is 64.7 Å². The molecule has 2 rings (SSSR count). The molecular formula is C11H7BrFIN2O2. The molecule has 0 unspecified atom stereocenters. The number of halogens is 3. The lowest BCUT2D eigenvalue weighted by Gasteiger charge is -2.08. The van der Waals surface area contributed by atoms with E-state index in [1.807, 2.05) is 22.6 Å². The van der Waals surface area contributed by atoms with E-state index < -0.39 is 11.2 Å². The first-order valence-electron chi connectivity index (χ1n) is 4.91. The maximum absolute atomic E-state index is 13.3. The summed E-state index contributed by atoms with van der Waals surface area (Å²) in [6.45, 7) is 0.184. The Morgan fingerprint density at radius 1 is 1.39 bits per heavy atom. The van der Waals surface area contributed by atoms with Crippen LogP contribution in [-0.2, 0) is 6.54 Å². The van der Waals surface area contributed by atoms with Crippen LogP contribution in [-0.4, -0.2) is 9.55 Å².